The fourth-order valence-electron chi connectivity index (χ4n) is 2.34. The van der Waals surface area contributed by atoms with Gasteiger partial charge in [-0.3, -0.25) is 4.90 Å². The predicted molar refractivity (Wildman–Crippen MR) is 52.1 cm³/mol. The molecule has 3 aliphatic rings. The Labute approximate surface area is 79.5 Å². The van der Waals surface area contributed by atoms with E-state index in [2.05, 4.69) is 18.9 Å². The first kappa shape index (κ1) is 9.49. The van der Waals surface area contributed by atoms with Gasteiger partial charge in [0.1, 0.15) is 0 Å². The number of piperazine rings is 3. The molecule has 11 heavy (non-hydrogen) atoms. The van der Waals surface area contributed by atoms with Crippen LogP contribution in [0.4, 0.5) is 0 Å². The first-order valence-corrected chi connectivity index (χ1v) is 4.27. The molecule has 3 heteroatoms. The van der Waals surface area contributed by atoms with Gasteiger partial charge in [-0.1, -0.05) is 0 Å². The zero-order chi connectivity index (χ0) is 7.19. The van der Waals surface area contributed by atoms with Crippen LogP contribution in [0.25, 0.3) is 0 Å². The summed E-state index contributed by atoms with van der Waals surface area (Å²) in [5.41, 5.74) is 0. The number of likely N-dealkylation sites (N-methyl/N-ethyl adjacent to an activating group) is 1. The van der Waals surface area contributed by atoms with E-state index in [1.807, 2.05) is 0 Å². The lowest BCUT2D eigenvalue weighted by Crippen LogP contribution is -2.68. The van der Waals surface area contributed by atoms with Gasteiger partial charge in [-0.25, -0.2) is 0 Å². The van der Waals surface area contributed by atoms with E-state index in [9.17, 15) is 0 Å². The Balaban J connectivity index is 0.000000605. The van der Waals surface area contributed by atoms with E-state index in [1.165, 1.54) is 37.2 Å². The molecule has 0 aliphatic carbocycles. The third-order valence-electron chi connectivity index (χ3n) is 3.18. The van der Waals surface area contributed by atoms with E-state index in [4.69, 9.17) is 0 Å². The second-order valence-electron chi connectivity index (χ2n) is 4.13. The highest BCUT2D eigenvalue weighted by atomic mass is 79.9. The molecule has 0 N–H and O–H groups in total. The van der Waals surface area contributed by atoms with Crippen molar-refractivity contribution in [1.29, 1.82) is 0 Å². The van der Waals surface area contributed by atoms with Crippen LogP contribution >= 0.6 is 17.0 Å². The summed E-state index contributed by atoms with van der Waals surface area (Å²) in [7, 11) is 2.40. The fraction of sp³-hybridized carbons (Fsp3) is 1.00. The molecule has 2 bridgehead atoms. The van der Waals surface area contributed by atoms with E-state index in [0.29, 0.717) is 0 Å². The molecule has 3 heterocycles. The minimum Gasteiger partial charge on any atom is -0.323 e. The van der Waals surface area contributed by atoms with Crippen molar-refractivity contribution in [3.63, 3.8) is 0 Å². The summed E-state index contributed by atoms with van der Waals surface area (Å²) in [5, 5.41) is 0. The molecule has 3 fully saturated rings. The van der Waals surface area contributed by atoms with Gasteiger partial charge in [-0.15, -0.1) is 17.0 Å². The van der Waals surface area contributed by atoms with E-state index in [-0.39, 0.29) is 17.0 Å². The van der Waals surface area contributed by atoms with E-state index < -0.39 is 0 Å². The van der Waals surface area contributed by atoms with Gasteiger partial charge < -0.3 is 4.48 Å². The average molecular weight is 222 g/mol. The summed E-state index contributed by atoms with van der Waals surface area (Å²) < 4.78 is 1.33. The van der Waals surface area contributed by atoms with Crippen LogP contribution in [0.1, 0.15) is 6.92 Å². The minimum absolute atomic E-state index is 0. The number of fused-ring (bicyclic) bond motifs is 3. The molecule has 0 amide bonds. The van der Waals surface area contributed by atoms with Gasteiger partial charge in [0, 0.05) is 13.1 Å². The van der Waals surface area contributed by atoms with Crippen LogP contribution < -0.4 is 0 Å². The number of halogens is 1. The number of hydrogen-bond acceptors (Lipinski definition) is 1. The van der Waals surface area contributed by atoms with Gasteiger partial charge in [-0.05, 0) is 6.92 Å². The maximum Gasteiger partial charge on any atom is 0.0940 e. The van der Waals surface area contributed by atoms with Crippen molar-refractivity contribution in [3.05, 3.63) is 0 Å². The summed E-state index contributed by atoms with van der Waals surface area (Å²) >= 11 is 0. The Morgan fingerprint density at radius 3 is 2.09 bits per heavy atom. The molecule has 3 rings (SSSR count). The normalized spacial score (nSPS) is 48.5. The Kier molecular flexibility index (Phi) is 2.62. The first-order valence-electron chi connectivity index (χ1n) is 4.27. The Hall–Kier alpha value is 0.400. The maximum absolute atomic E-state index is 2.61. The van der Waals surface area contributed by atoms with Crippen molar-refractivity contribution < 1.29 is 4.48 Å². The molecule has 0 aromatic rings. The van der Waals surface area contributed by atoms with Gasteiger partial charge in [0.25, 0.3) is 0 Å². The summed E-state index contributed by atoms with van der Waals surface area (Å²) in [6.45, 7) is 9.15. The van der Waals surface area contributed by atoms with Crippen LogP contribution in [0.3, 0.4) is 0 Å². The number of hydrogen-bond donors (Lipinski definition) is 0. The van der Waals surface area contributed by atoms with Gasteiger partial charge >= 0.3 is 0 Å². The molecule has 3 aliphatic heterocycles. The molecule has 1 atom stereocenters. The molecule has 66 valence electrons. The molecule has 0 aromatic heterocycles. The van der Waals surface area contributed by atoms with Crippen molar-refractivity contribution >= 4 is 17.0 Å². The summed E-state index contributed by atoms with van der Waals surface area (Å²) in [6, 6.07) is 0.840. The molecule has 0 aromatic carbocycles. The van der Waals surface area contributed by atoms with E-state index in [1.54, 1.807) is 0 Å². The summed E-state index contributed by atoms with van der Waals surface area (Å²) in [5.74, 6) is 0. The Morgan fingerprint density at radius 1 is 1.27 bits per heavy atom. The first-order chi connectivity index (χ1) is 4.70. The van der Waals surface area contributed by atoms with Gasteiger partial charge in [-0.2, -0.15) is 0 Å². The van der Waals surface area contributed by atoms with Crippen molar-refractivity contribution in [2.24, 2.45) is 0 Å². The summed E-state index contributed by atoms with van der Waals surface area (Å²) in [4.78, 5) is 2.61. The van der Waals surface area contributed by atoms with Crippen molar-refractivity contribution in [2.45, 2.75) is 13.0 Å². The Bertz CT molecular complexity index is 141. The minimum atomic E-state index is 0. The molecule has 2 nitrogen and oxygen atoms in total. The molecular formula is C8H18BrN2+. The topological polar surface area (TPSA) is 3.24 Å². The molecule has 0 saturated carbocycles. The smallest absolute Gasteiger partial charge is 0.0940 e. The highest BCUT2D eigenvalue weighted by Crippen LogP contribution is 2.20. The monoisotopic (exact) mass is 221 g/mol. The maximum atomic E-state index is 2.61. The van der Waals surface area contributed by atoms with Gasteiger partial charge in [0.2, 0.25) is 0 Å². The van der Waals surface area contributed by atoms with Gasteiger partial charge in [0.15, 0.2) is 0 Å². The lowest BCUT2D eigenvalue weighted by Gasteiger charge is -2.51. The average Bonchev–Trinajstić information content (AvgIpc) is 1.87. The molecule has 1 unspecified atom stereocenters. The highest BCUT2D eigenvalue weighted by molar-refractivity contribution is 8.93. The van der Waals surface area contributed by atoms with Gasteiger partial charge in [0.05, 0.1) is 32.7 Å². The zero-order valence-electron chi connectivity index (χ0n) is 7.42. The van der Waals surface area contributed by atoms with Crippen molar-refractivity contribution in [2.75, 3.05) is 39.8 Å². The Morgan fingerprint density at radius 2 is 1.82 bits per heavy atom. The van der Waals surface area contributed by atoms with Crippen LogP contribution in [0.5, 0.6) is 0 Å². The zero-order valence-corrected chi connectivity index (χ0v) is 9.13. The van der Waals surface area contributed by atoms with Crippen molar-refractivity contribution in [1.82, 2.24) is 4.90 Å². The molecule has 0 radical (unpaired) electrons. The summed E-state index contributed by atoms with van der Waals surface area (Å²) in [6.07, 6.45) is 0. The number of quaternary nitrogens is 1. The quantitative estimate of drug-likeness (QED) is 0.546. The van der Waals surface area contributed by atoms with Crippen LogP contribution in [0.2, 0.25) is 0 Å². The van der Waals surface area contributed by atoms with Crippen LogP contribution in [0.15, 0.2) is 0 Å². The second-order valence-corrected chi connectivity index (χ2v) is 4.13. The second kappa shape index (κ2) is 3.04. The van der Waals surface area contributed by atoms with Crippen LogP contribution in [0, 0.1) is 0 Å². The third kappa shape index (κ3) is 1.60. The fourth-order valence-corrected chi connectivity index (χ4v) is 2.34. The lowest BCUT2D eigenvalue weighted by atomic mass is 10.1. The third-order valence-corrected chi connectivity index (χ3v) is 3.18. The van der Waals surface area contributed by atoms with Crippen molar-refractivity contribution in [3.8, 4) is 0 Å². The molecule has 0 spiro atoms. The predicted octanol–water partition coefficient (Wildman–Crippen LogP) is 0.729. The SMILES string of the molecule is Br.CC1C[N+]2(C)CCN1CC2. The standard InChI is InChI=1S/C8H17N2.BrH/c1-8-7-10(2)5-3-9(8)4-6-10;/h8H,3-7H2,1-2H3;1H/q+1;. The van der Waals surface area contributed by atoms with Crippen LogP contribution in [-0.2, 0) is 0 Å². The number of nitrogens with zero attached hydrogens (tertiary/aromatic N) is 2. The molecular weight excluding hydrogens is 204 g/mol. The van der Waals surface area contributed by atoms with E-state index >= 15 is 0 Å². The molecule has 3 saturated heterocycles. The lowest BCUT2D eigenvalue weighted by molar-refractivity contribution is -0.926. The highest BCUT2D eigenvalue weighted by Gasteiger charge is 2.38. The van der Waals surface area contributed by atoms with E-state index in [0.717, 1.165) is 6.04 Å². The number of rotatable bonds is 0. The van der Waals surface area contributed by atoms with Crippen LogP contribution in [-0.4, -0.2) is 55.2 Å². The largest absolute Gasteiger partial charge is 0.323 e.